The lowest BCUT2D eigenvalue weighted by atomic mass is 9.87. The SMILES string of the molecule is C[Si]1(C)c2cc(N(c3ccccc3)c3ccccc3-c3ccccc3)ccc2-c2cc3c4ccccc4c(-c4ccc(N(c5ccccc5-c5ccccc5)c5cccc6c5oc5ccccc56)cc4)cc3c3cccc1c23. The van der Waals surface area contributed by atoms with Crippen molar-refractivity contribution in [3.05, 3.63) is 279 Å². The summed E-state index contributed by atoms with van der Waals surface area (Å²) in [6, 6.07) is 102. The number of fused-ring (bicyclic) bond motifs is 9. The molecule has 0 aliphatic carbocycles. The van der Waals surface area contributed by atoms with Crippen LogP contribution in [0.4, 0.5) is 34.1 Å². The molecule has 14 aromatic rings. The van der Waals surface area contributed by atoms with E-state index in [0.717, 1.165) is 67.2 Å². The number of hydrogen-bond acceptors (Lipinski definition) is 3. The Hall–Kier alpha value is -9.74. The molecule has 0 atom stereocenters. The molecule has 78 heavy (non-hydrogen) atoms. The van der Waals surface area contributed by atoms with Crippen LogP contribution >= 0.6 is 0 Å². The zero-order valence-electron chi connectivity index (χ0n) is 43.4. The second-order valence-electron chi connectivity index (χ2n) is 21.1. The number of anilines is 6. The maximum absolute atomic E-state index is 6.76. The minimum absolute atomic E-state index is 0.859. The van der Waals surface area contributed by atoms with E-state index in [-0.39, 0.29) is 0 Å². The molecule has 0 saturated carbocycles. The molecule has 0 fully saturated rings. The standard InChI is InChI=1S/C74H52N2OSi/c1-78(2)71-39-21-33-61-65-47-63(51-40-42-53(43-41-51)76(68-36-18-15-29-56(68)50-24-8-4-9-25-50)69-37-20-34-62-59-32-16-19-38-70(59)77-74(62)69)57-30-12-13-31-58(57)64(65)48-66(73(61)71)60-45-44-54(46-72(60)78)75(52-26-10-5-11-27-52)67-35-17-14-28-55(67)49-22-6-3-7-23-49/h3-48H,1-2H3. The highest BCUT2D eigenvalue weighted by Crippen LogP contribution is 2.49. The second-order valence-corrected chi connectivity index (χ2v) is 25.5. The van der Waals surface area contributed by atoms with Gasteiger partial charge >= 0.3 is 0 Å². The van der Waals surface area contributed by atoms with E-state index in [9.17, 15) is 0 Å². The van der Waals surface area contributed by atoms with E-state index < -0.39 is 8.07 Å². The van der Waals surface area contributed by atoms with Crippen molar-refractivity contribution in [1.29, 1.82) is 0 Å². The van der Waals surface area contributed by atoms with Crippen molar-refractivity contribution in [3.8, 4) is 44.5 Å². The quantitative estimate of drug-likeness (QED) is 0.106. The molecule has 0 spiro atoms. The molecule has 1 aliphatic rings. The van der Waals surface area contributed by atoms with Gasteiger partial charge in [0, 0.05) is 39.0 Å². The lowest BCUT2D eigenvalue weighted by Crippen LogP contribution is -2.56. The Kier molecular flexibility index (Phi) is 10.7. The smallest absolute Gasteiger partial charge is 0.159 e. The monoisotopic (exact) mass is 1010 g/mol. The van der Waals surface area contributed by atoms with Crippen molar-refractivity contribution in [2.45, 2.75) is 13.1 Å². The van der Waals surface area contributed by atoms with Gasteiger partial charge in [0.05, 0.1) is 17.1 Å². The third kappa shape index (κ3) is 7.25. The summed E-state index contributed by atoms with van der Waals surface area (Å²) >= 11 is 0. The van der Waals surface area contributed by atoms with E-state index in [4.69, 9.17) is 4.42 Å². The van der Waals surface area contributed by atoms with Crippen molar-refractivity contribution in [2.75, 3.05) is 9.80 Å². The molecule has 0 radical (unpaired) electrons. The van der Waals surface area contributed by atoms with E-state index in [0.29, 0.717) is 0 Å². The molecule has 1 aliphatic heterocycles. The third-order valence-electron chi connectivity index (χ3n) is 16.4. The van der Waals surface area contributed by atoms with E-state index in [1.807, 2.05) is 6.07 Å². The zero-order chi connectivity index (χ0) is 51.9. The lowest BCUT2D eigenvalue weighted by molar-refractivity contribution is 0.669. The van der Waals surface area contributed by atoms with Gasteiger partial charge < -0.3 is 14.2 Å². The fourth-order valence-electron chi connectivity index (χ4n) is 12.8. The number of benzene rings is 13. The molecule has 0 N–H and O–H groups in total. The minimum atomic E-state index is -2.30. The molecule has 0 saturated heterocycles. The first kappa shape index (κ1) is 45.6. The van der Waals surface area contributed by atoms with Crippen LogP contribution in [0.15, 0.2) is 283 Å². The van der Waals surface area contributed by atoms with Crippen LogP contribution in [0.3, 0.4) is 0 Å². The van der Waals surface area contributed by atoms with Gasteiger partial charge in [-0.2, -0.15) is 0 Å². The molecule has 13 aromatic carbocycles. The molecule has 15 rings (SSSR count). The van der Waals surface area contributed by atoms with Gasteiger partial charge in [0.1, 0.15) is 13.7 Å². The molecular formula is C74H52N2OSi. The molecule has 0 amide bonds. The number of para-hydroxylation sites is 5. The van der Waals surface area contributed by atoms with Gasteiger partial charge in [0.2, 0.25) is 0 Å². The van der Waals surface area contributed by atoms with Crippen molar-refractivity contribution in [1.82, 2.24) is 0 Å². The average Bonchev–Trinajstić information content (AvgIpc) is 4.04. The van der Waals surface area contributed by atoms with Gasteiger partial charge in [-0.3, -0.25) is 0 Å². The average molecular weight is 1010 g/mol. The van der Waals surface area contributed by atoms with Gasteiger partial charge in [-0.25, -0.2) is 0 Å². The summed E-state index contributed by atoms with van der Waals surface area (Å²) in [6.45, 7) is 5.09. The molecule has 4 heteroatoms. The topological polar surface area (TPSA) is 19.6 Å². The maximum atomic E-state index is 6.76. The van der Waals surface area contributed by atoms with Crippen molar-refractivity contribution in [2.24, 2.45) is 0 Å². The summed E-state index contributed by atoms with van der Waals surface area (Å²) in [7, 11) is -2.30. The fraction of sp³-hybridized carbons (Fsp3) is 0.0270. The van der Waals surface area contributed by atoms with Crippen LogP contribution < -0.4 is 20.2 Å². The summed E-state index contributed by atoms with van der Waals surface area (Å²) in [5.41, 5.74) is 18.0. The molecule has 0 unspecified atom stereocenters. The van der Waals surface area contributed by atoms with Crippen LogP contribution in [-0.4, -0.2) is 8.07 Å². The van der Waals surface area contributed by atoms with Gasteiger partial charge in [-0.1, -0.05) is 219 Å². The zero-order valence-corrected chi connectivity index (χ0v) is 44.4. The fourth-order valence-corrected chi connectivity index (χ4v) is 15.9. The van der Waals surface area contributed by atoms with Gasteiger partial charge in [-0.05, 0) is 149 Å². The number of furan rings is 1. The Bertz CT molecular complexity index is 4640. The molecule has 3 nitrogen and oxygen atoms in total. The predicted octanol–water partition coefficient (Wildman–Crippen LogP) is 19.8. The molecule has 368 valence electrons. The Balaban J connectivity index is 0.888. The minimum Gasteiger partial charge on any atom is -0.454 e. The molecule has 1 aromatic heterocycles. The first-order valence-corrected chi connectivity index (χ1v) is 30.0. The number of rotatable bonds is 9. The highest BCUT2D eigenvalue weighted by Gasteiger charge is 2.37. The van der Waals surface area contributed by atoms with Gasteiger partial charge in [0.15, 0.2) is 5.58 Å². The molecule has 0 bridgehead atoms. The van der Waals surface area contributed by atoms with E-state index in [2.05, 4.69) is 296 Å². The Morgan fingerprint density at radius 1 is 0.282 bits per heavy atom. The first-order chi connectivity index (χ1) is 38.5. The molecular weight excluding hydrogens is 961 g/mol. The predicted molar refractivity (Wildman–Crippen MR) is 334 cm³/mol. The highest BCUT2D eigenvalue weighted by atomic mass is 28.3. The van der Waals surface area contributed by atoms with Crippen LogP contribution in [0, 0.1) is 0 Å². The normalized spacial score (nSPS) is 12.6. The van der Waals surface area contributed by atoms with E-state index in [1.54, 1.807) is 0 Å². The first-order valence-electron chi connectivity index (χ1n) is 27.0. The van der Waals surface area contributed by atoms with E-state index in [1.165, 1.54) is 76.1 Å². The molecule has 2 heterocycles. The Morgan fingerprint density at radius 3 is 1.50 bits per heavy atom. The van der Waals surface area contributed by atoms with Gasteiger partial charge in [0.25, 0.3) is 0 Å². The van der Waals surface area contributed by atoms with Crippen molar-refractivity contribution >= 4 is 107 Å². The Labute approximate surface area is 455 Å². The third-order valence-corrected chi connectivity index (χ3v) is 20.0. The number of hydrogen-bond donors (Lipinski definition) is 0. The van der Waals surface area contributed by atoms with Crippen LogP contribution in [-0.2, 0) is 0 Å². The summed E-state index contributed by atoms with van der Waals surface area (Å²) in [4.78, 5) is 4.83. The summed E-state index contributed by atoms with van der Waals surface area (Å²) in [5, 5.41) is 12.9. The summed E-state index contributed by atoms with van der Waals surface area (Å²) in [5.74, 6) is 0. The highest BCUT2D eigenvalue weighted by molar-refractivity contribution is 7.03. The van der Waals surface area contributed by atoms with Gasteiger partial charge in [-0.15, -0.1) is 0 Å². The van der Waals surface area contributed by atoms with E-state index >= 15 is 0 Å². The second kappa shape index (κ2) is 18.2. The van der Waals surface area contributed by atoms with Crippen molar-refractivity contribution in [3.63, 3.8) is 0 Å². The maximum Gasteiger partial charge on any atom is 0.159 e. The van der Waals surface area contributed by atoms with Crippen molar-refractivity contribution < 1.29 is 4.42 Å². The van der Waals surface area contributed by atoms with Crippen LogP contribution in [0.1, 0.15) is 0 Å². The van der Waals surface area contributed by atoms with Crippen LogP contribution in [0.25, 0.3) is 98.8 Å². The number of nitrogens with zero attached hydrogens (tertiary/aromatic N) is 2. The lowest BCUT2D eigenvalue weighted by Gasteiger charge is -2.36. The summed E-state index contributed by atoms with van der Waals surface area (Å²) in [6.07, 6.45) is 0. The Morgan fingerprint density at radius 2 is 0.782 bits per heavy atom. The largest absolute Gasteiger partial charge is 0.454 e. The van der Waals surface area contributed by atoms with Crippen LogP contribution in [0.2, 0.25) is 13.1 Å². The summed E-state index contributed by atoms with van der Waals surface area (Å²) < 4.78 is 6.76. The van der Waals surface area contributed by atoms with Crippen LogP contribution in [0.5, 0.6) is 0 Å².